The zero-order valence-corrected chi connectivity index (χ0v) is 22.0. The number of piperidine rings is 1. The molecule has 0 bridgehead atoms. The number of hydrogen-bond donors (Lipinski definition) is 1. The molecule has 0 aliphatic carbocycles. The largest absolute Gasteiger partial charge is 0.593 e. The minimum Gasteiger partial charge on any atom is -0.593 e. The van der Waals surface area contributed by atoms with Crippen LogP contribution in [0.25, 0.3) is 11.3 Å². The molecule has 1 aliphatic heterocycles. The molecular formula is C28H26FN7O2S. The van der Waals surface area contributed by atoms with Gasteiger partial charge in [0.2, 0.25) is 0 Å². The third-order valence-electron chi connectivity index (χ3n) is 6.89. The number of amides is 1. The maximum Gasteiger partial charge on any atom is 0.262 e. The van der Waals surface area contributed by atoms with Gasteiger partial charge in [-0.2, -0.15) is 10.2 Å². The number of fused-ring (bicyclic) bond motifs is 1. The molecule has 1 unspecified atom stereocenters. The van der Waals surface area contributed by atoms with E-state index in [-0.39, 0.29) is 17.6 Å². The number of benzene rings is 2. The van der Waals surface area contributed by atoms with Gasteiger partial charge in [0.25, 0.3) is 5.91 Å². The first-order valence-corrected chi connectivity index (χ1v) is 13.8. The normalized spacial score (nSPS) is 15.5. The van der Waals surface area contributed by atoms with E-state index in [0.29, 0.717) is 35.0 Å². The molecule has 1 aliphatic rings. The van der Waals surface area contributed by atoms with E-state index >= 15 is 0 Å². The standard InChI is InChI=1S/C28H26FN7O2S/c1-19-3-7-22(8-4-19)36-26(32-28(37)24-18-31-35-14-2-13-30-27(24)35)17-25(33-36)20-11-15-34(16-12-20)39(38)23-9-5-21(29)6-10-23/h2-10,13-14,17-18,20H,11-12,15-16H2,1H3,(H,32,37). The molecule has 4 heterocycles. The molecule has 0 saturated carbocycles. The number of halogens is 1. The quantitative estimate of drug-likeness (QED) is 0.316. The molecule has 1 N–H and O–H groups in total. The van der Waals surface area contributed by atoms with Gasteiger partial charge in [0.05, 0.1) is 28.9 Å². The fraction of sp³-hybridized carbons (Fsp3) is 0.214. The topological polar surface area (TPSA) is 103 Å². The number of aryl methyl sites for hydroxylation is 1. The van der Waals surface area contributed by atoms with Crippen LogP contribution in [0.4, 0.5) is 10.2 Å². The highest BCUT2D eigenvalue weighted by atomic mass is 32.2. The van der Waals surface area contributed by atoms with Gasteiger partial charge >= 0.3 is 0 Å². The number of carbonyl (C=O) groups is 1. The summed E-state index contributed by atoms with van der Waals surface area (Å²) in [5.74, 6) is 0.00583. The van der Waals surface area contributed by atoms with Crippen molar-refractivity contribution >= 4 is 28.7 Å². The predicted octanol–water partition coefficient (Wildman–Crippen LogP) is 4.52. The highest BCUT2D eigenvalue weighted by Crippen LogP contribution is 2.32. The van der Waals surface area contributed by atoms with Crippen molar-refractivity contribution in [3.8, 4) is 5.69 Å². The second-order valence-corrected chi connectivity index (χ2v) is 11.0. The van der Waals surface area contributed by atoms with E-state index in [9.17, 15) is 13.7 Å². The van der Waals surface area contributed by atoms with Gasteiger partial charge in [0.15, 0.2) is 10.5 Å². The van der Waals surface area contributed by atoms with Crippen molar-refractivity contribution in [3.63, 3.8) is 0 Å². The first-order chi connectivity index (χ1) is 19.0. The van der Waals surface area contributed by atoms with Gasteiger partial charge in [0, 0.05) is 37.5 Å². The van der Waals surface area contributed by atoms with Crippen molar-refractivity contribution in [3.05, 3.63) is 102 Å². The van der Waals surface area contributed by atoms with Gasteiger partial charge < -0.3 is 9.87 Å². The van der Waals surface area contributed by atoms with Crippen LogP contribution in [0.1, 0.15) is 40.4 Å². The van der Waals surface area contributed by atoms with Crippen LogP contribution in [-0.4, -0.2) is 52.2 Å². The first-order valence-electron chi connectivity index (χ1n) is 12.7. The minimum atomic E-state index is -1.35. The number of nitrogens with zero attached hydrogens (tertiary/aromatic N) is 6. The Balaban J connectivity index is 1.24. The monoisotopic (exact) mass is 543 g/mol. The molecular weight excluding hydrogens is 517 g/mol. The third-order valence-corrected chi connectivity index (χ3v) is 8.40. The summed E-state index contributed by atoms with van der Waals surface area (Å²) in [5.41, 5.74) is 3.64. The Kier molecular flexibility index (Phi) is 6.86. The Bertz CT molecular complexity index is 1610. The Morgan fingerprint density at radius 3 is 2.59 bits per heavy atom. The van der Waals surface area contributed by atoms with Crippen molar-refractivity contribution in [2.75, 3.05) is 18.4 Å². The number of hydrogen-bond acceptors (Lipinski definition) is 6. The lowest BCUT2D eigenvalue weighted by Gasteiger charge is -2.30. The second kappa shape index (κ2) is 10.6. The molecule has 9 nitrogen and oxygen atoms in total. The molecule has 3 aromatic heterocycles. The summed E-state index contributed by atoms with van der Waals surface area (Å²) in [6.07, 6.45) is 6.37. The van der Waals surface area contributed by atoms with Crippen molar-refractivity contribution in [1.29, 1.82) is 0 Å². The van der Waals surface area contributed by atoms with Crippen molar-refractivity contribution in [1.82, 2.24) is 28.7 Å². The molecule has 0 spiro atoms. The van der Waals surface area contributed by atoms with Crippen LogP contribution >= 0.6 is 0 Å². The molecule has 5 aromatic rings. The van der Waals surface area contributed by atoms with Crippen molar-refractivity contribution in [2.24, 2.45) is 0 Å². The summed E-state index contributed by atoms with van der Waals surface area (Å²) in [5, 5.41) is 12.1. The second-order valence-electron chi connectivity index (χ2n) is 9.51. The zero-order valence-electron chi connectivity index (χ0n) is 21.2. The summed E-state index contributed by atoms with van der Waals surface area (Å²) in [6, 6.07) is 17.4. The van der Waals surface area contributed by atoms with Crippen LogP contribution in [0.15, 0.2) is 84.1 Å². The van der Waals surface area contributed by atoms with Crippen LogP contribution in [0, 0.1) is 12.7 Å². The molecule has 1 amide bonds. The maximum atomic E-state index is 13.3. The molecule has 0 radical (unpaired) electrons. The number of nitrogens with one attached hydrogen (secondary N) is 1. The summed E-state index contributed by atoms with van der Waals surface area (Å²) in [6.45, 7) is 3.24. The fourth-order valence-electron chi connectivity index (χ4n) is 4.76. The zero-order chi connectivity index (χ0) is 26.9. The van der Waals surface area contributed by atoms with Crippen molar-refractivity contribution < 1.29 is 13.7 Å². The lowest BCUT2D eigenvalue weighted by Crippen LogP contribution is -2.38. The van der Waals surface area contributed by atoms with Crippen LogP contribution in [0.2, 0.25) is 0 Å². The van der Waals surface area contributed by atoms with Gasteiger partial charge in [-0.1, -0.05) is 17.7 Å². The molecule has 198 valence electrons. The van der Waals surface area contributed by atoms with E-state index in [1.54, 1.807) is 39.8 Å². The van der Waals surface area contributed by atoms with E-state index in [1.807, 2.05) is 41.6 Å². The minimum absolute atomic E-state index is 0.132. The third kappa shape index (κ3) is 5.16. The Labute approximate surface area is 227 Å². The molecule has 6 rings (SSSR count). The van der Waals surface area contributed by atoms with Crippen molar-refractivity contribution in [2.45, 2.75) is 30.6 Å². The van der Waals surface area contributed by atoms with Gasteiger partial charge in [-0.05, 0) is 62.2 Å². The highest BCUT2D eigenvalue weighted by Gasteiger charge is 2.31. The molecule has 1 saturated heterocycles. The van der Waals surface area contributed by atoms with E-state index in [4.69, 9.17) is 5.10 Å². The highest BCUT2D eigenvalue weighted by molar-refractivity contribution is 7.89. The Morgan fingerprint density at radius 2 is 1.85 bits per heavy atom. The number of anilines is 1. The SMILES string of the molecule is Cc1ccc(-n2nc(C3CCN([S+]([O-])c4ccc(F)cc4)CC3)cc2NC(=O)c2cnn3cccnc23)cc1. The fourth-order valence-corrected chi connectivity index (χ4v) is 5.97. The average molecular weight is 544 g/mol. The van der Waals surface area contributed by atoms with Crippen LogP contribution < -0.4 is 5.32 Å². The smallest absolute Gasteiger partial charge is 0.262 e. The maximum absolute atomic E-state index is 13.3. The number of carbonyl (C=O) groups excluding carboxylic acids is 1. The van der Waals surface area contributed by atoms with Crippen LogP contribution in [0.3, 0.4) is 0 Å². The predicted molar refractivity (Wildman–Crippen MR) is 146 cm³/mol. The van der Waals surface area contributed by atoms with E-state index < -0.39 is 11.4 Å². The number of aromatic nitrogens is 5. The van der Waals surface area contributed by atoms with E-state index in [1.165, 1.54) is 18.3 Å². The van der Waals surface area contributed by atoms with Gasteiger partial charge in [0.1, 0.15) is 17.2 Å². The molecule has 1 fully saturated rings. The number of rotatable bonds is 6. The van der Waals surface area contributed by atoms with E-state index in [0.717, 1.165) is 29.8 Å². The average Bonchev–Trinajstić information content (AvgIpc) is 3.58. The van der Waals surface area contributed by atoms with Crippen LogP contribution in [-0.2, 0) is 11.4 Å². The molecule has 39 heavy (non-hydrogen) atoms. The van der Waals surface area contributed by atoms with Crippen LogP contribution in [0.5, 0.6) is 0 Å². The summed E-state index contributed by atoms with van der Waals surface area (Å²) >= 11 is -1.35. The lowest BCUT2D eigenvalue weighted by molar-refractivity contribution is 0.102. The summed E-state index contributed by atoms with van der Waals surface area (Å²) in [4.78, 5) is 18.2. The first kappa shape index (κ1) is 25.2. The summed E-state index contributed by atoms with van der Waals surface area (Å²) < 4.78 is 31.5. The molecule has 1 atom stereocenters. The Morgan fingerprint density at radius 1 is 1.10 bits per heavy atom. The Hall–Kier alpha value is -4.06. The van der Waals surface area contributed by atoms with Gasteiger partial charge in [-0.25, -0.2) is 18.6 Å². The summed E-state index contributed by atoms with van der Waals surface area (Å²) in [7, 11) is 0. The van der Waals surface area contributed by atoms with Gasteiger partial charge in [-0.3, -0.25) is 4.79 Å². The molecule has 2 aromatic carbocycles. The molecule has 11 heteroatoms. The van der Waals surface area contributed by atoms with Gasteiger partial charge in [-0.15, -0.1) is 4.31 Å². The lowest BCUT2D eigenvalue weighted by atomic mass is 9.95. The van der Waals surface area contributed by atoms with E-state index in [2.05, 4.69) is 15.4 Å².